The summed E-state index contributed by atoms with van der Waals surface area (Å²) >= 11 is 0. The summed E-state index contributed by atoms with van der Waals surface area (Å²) in [4.78, 5) is 12.3. The van der Waals surface area contributed by atoms with Gasteiger partial charge in [-0.15, -0.1) is 0 Å². The first-order valence-corrected chi connectivity index (χ1v) is 7.26. The van der Waals surface area contributed by atoms with Crippen LogP contribution in [0.25, 0.3) is 0 Å². The lowest BCUT2D eigenvalue weighted by Gasteiger charge is -2.42. The number of nitrogens with zero attached hydrogens (tertiary/aromatic N) is 2. The van der Waals surface area contributed by atoms with Gasteiger partial charge in [0.1, 0.15) is 18.5 Å². The molecule has 1 unspecified atom stereocenters. The normalized spacial score (nSPS) is 19.6. The Labute approximate surface area is 129 Å². The van der Waals surface area contributed by atoms with E-state index in [1.54, 1.807) is 0 Å². The van der Waals surface area contributed by atoms with Crippen molar-refractivity contribution in [1.82, 2.24) is 4.90 Å². The molecule has 1 saturated heterocycles. The minimum atomic E-state index is -0.632. The lowest BCUT2D eigenvalue weighted by atomic mass is 10.0. The van der Waals surface area contributed by atoms with E-state index in [0.29, 0.717) is 25.5 Å². The number of aliphatic hydroxyl groups is 1. The Bertz CT molecular complexity index is 503. The highest BCUT2D eigenvalue weighted by atomic mass is 16.6. The van der Waals surface area contributed by atoms with Crippen molar-refractivity contribution in [3.05, 3.63) is 34.4 Å². The first-order chi connectivity index (χ1) is 10.4. The fourth-order valence-corrected chi connectivity index (χ4v) is 2.39. The maximum absolute atomic E-state index is 10.6. The second-order valence-electron chi connectivity index (χ2n) is 6.03. The molecule has 1 fully saturated rings. The Balaban J connectivity index is 1.82. The molecular weight excluding hydrogens is 288 g/mol. The van der Waals surface area contributed by atoms with Crippen molar-refractivity contribution >= 4 is 5.69 Å². The zero-order valence-corrected chi connectivity index (χ0v) is 12.9. The van der Waals surface area contributed by atoms with E-state index in [9.17, 15) is 15.2 Å². The molecule has 0 radical (unpaired) electrons. The summed E-state index contributed by atoms with van der Waals surface area (Å²) in [5.41, 5.74) is -0.0879. The molecule has 0 spiro atoms. The van der Waals surface area contributed by atoms with Crippen LogP contribution in [-0.4, -0.2) is 59.5 Å². The molecule has 7 heteroatoms. The van der Waals surface area contributed by atoms with Gasteiger partial charge in [-0.25, -0.2) is 0 Å². The predicted octanol–water partition coefficient (Wildman–Crippen LogP) is 1.45. The fourth-order valence-electron chi connectivity index (χ4n) is 2.39. The van der Waals surface area contributed by atoms with Crippen LogP contribution in [0, 0.1) is 10.1 Å². The summed E-state index contributed by atoms with van der Waals surface area (Å²) in [6.07, 6.45) is -0.632. The van der Waals surface area contributed by atoms with Crippen LogP contribution >= 0.6 is 0 Å². The summed E-state index contributed by atoms with van der Waals surface area (Å²) < 4.78 is 10.9. The molecule has 1 aromatic carbocycles. The number of hydrogen-bond acceptors (Lipinski definition) is 6. The van der Waals surface area contributed by atoms with Crippen LogP contribution in [0.1, 0.15) is 13.8 Å². The molecule has 1 aliphatic rings. The molecule has 122 valence electrons. The molecule has 1 atom stereocenters. The number of nitro groups is 1. The smallest absolute Gasteiger partial charge is 0.269 e. The Kier molecular flexibility index (Phi) is 5.33. The van der Waals surface area contributed by atoms with Crippen molar-refractivity contribution < 1.29 is 19.5 Å². The van der Waals surface area contributed by atoms with Gasteiger partial charge in [0.2, 0.25) is 0 Å². The lowest BCUT2D eigenvalue weighted by molar-refractivity contribution is -0.384. The molecule has 1 aliphatic heterocycles. The monoisotopic (exact) mass is 310 g/mol. The van der Waals surface area contributed by atoms with Gasteiger partial charge in [0, 0.05) is 30.8 Å². The molecule has 0 saturated carbocycles. The molecule has 1 heterocycles. The van der Waals surface area contributed by atoms with Crippen LogP contribution in [0.15, 0.2) is 24.3 Å². The maximum Gasteiger partial charge on any atom is 0.269 e. The average Bonchev–Trinajstić information content (AvgIpc) is 2.47. The molecule has 22 heavy (non-hydrogen) atoms. The van der Waals surface area contributed by atoms with Crippen LogP contribution in [0.5, 0.6) is 5.75 Å². The molecule has 1 aromatic rings. The molecule has 2 rings (SSSR count). The van der Waals surface area contributed by atoms with Crippen molar-refractivity contribution in [2.24, 2.45) is 0 Å². The number of β-amino-alcohol motifs (C(OH)–C–C–N with tert-alkyl or cyclic N) is 1. The van der Waals surface area contributed by atoms with Crippen molar-refractivity contribution in [2.75, 3.05) is 32.9 Å². The van der Waals surface area contributed by atoms with Crippen LogP contribution < -0.4 is 4.74 Å². The number of non-ortho nitro benzene ring substituents is 1. The van der Waals surface area contributed by atoms with Gasteiger partial charge in [0.05, 0.1) is 18.1 Å². The molecule has 7 nitrogen and oxygen atoms in total. The van der Waals surface area contributed by atoms with E-state index in [0.717, 1.165) is 6.54 Å². The highest BCUT2D eigenvalue weighted by Gasteiger charge is 2.31. The predicted molar refractivity (Wildman–Crippen MR) is 81.1 cm³/mol. The Morgan fingerprint density at radius 2 is 2.14 bits per heavy atom. The molecular formula is C15H22N2O5. The van der Waals surface area contributed by atoms with Crippen LogP contribution in [0.3, 0.4) is 0 Å². The van der Waals surface area contributed by atoms with E-state index < -0.39 is 11.0 Å². The maximum atomic E-state index is 10.6. The van der Waals surface area contributed by atoms with E-state index in [2.05, 4.69) is 18.7 Å². The van der Waals surface area contributed by atoms with E-state index in [1.807, 2.05) is 0 Å². The van der Waals surface area contributed by atoms with Crippen LogP contribution in [0.4, 0.5) is 5.69 Å². The largest absolute Gasteiger partial charge is 0.491 e. The third kappa shape index (κ3) is 4.40. The number of rotatable bonds is 6. The lowest BCUT2D eigenvalue weighted by Crippen LogP contribution is -2.55. The van der Waals surface area contributed by atoms with Gasteiger partial charge in [0.25, 0.3) is 5.69 Å². The third-order valence-corrected chi connectivity index (χ3v) is 3.74. The molecule has 0 amide bonds. The average molecular weight is 310 g/mol. The zero-order chi connectivity index (χ0) is 16.2. The Morgan fingerprint density at radius 1 is 1.45 bits per heavy atom. The third-order valence-electron chi connectivity index (χ3n) is 3.74. The number of benzene rings is 1. The minimum Gasteiger partial charge on any atom is -0.491 e. The molecule has 0 bridgehead atoms. The summed E-state index contributed by atoms with van der Waals surface area (Å²) in [6.45, 7) is 6.89. The standard InChI is InChI=1S/C15H22N2O5/c1-15(2)11-21-8-7-16(15)9-13(18)10-22-14-5-3-12(4-6-14)17(19)20/h3-6,13,18H,7-11H2,1-2H3. The van der Waals surface area contributed by atoms with Gasteiger partial charge < -0.3 is 14.6 Å². The van der Waals surface area contributed by atoms with Gasteiger partial charge in [-0.1, -0.05) is 0 Å². The fraction of sp³-hybridized carbons (Fsp3) is 0.600. The summed E-state index contributed by atoms with van der Waals surface area (Å²) in [5, 5.41) is 20.7. The first kappa shape index (κ1) is 16.7. The van der Waals surface area contributed by atoms with Crippen molar-refractivity contribution in [3.8, 4) is 5.75 Å². The van der Waals surface area contributed by atoms with E-state index in [4.69, 9.17) is 9.47 Å². The number of ether oxygens (including phenoxy) is 2. The highest BCUT2D eigenvalue weighted by Crippen LogP contribution is 2.20. The number of nitro benzene ring substituents is 1. The SMILES string of the molecule is CC1(C)COCCN1CC(O)COc1ccc([N+](=O)[O-])cc1. The van der Waals surface area contributed by atoms with Crippen molar-refractivity contribution in [1.29, 1.82) is 0 Å². The number of aliphatic hydroxyl groups excluding tert-OH is 1. The Hall–Kier alpha value is -1.70. The summed E-state index contributed by atoms with van der Waals surface area (Å²) in [7, 11) is 0. The van der Waals surface area contributed by atoms with E-state index in [-0.39, 0.29) is 17.8 Å². The second-order valence-corrected chi connectivity index (χ2v) is 6.03. The second kappa shape index (κ2) is 7.04. The summed E-state index contributed by atoms with van der Waals surface area (Å²) in [6, 6.07) is 5.83. The van der Waals surface area contributed by atoms with E-state index in [1.165, 1.54) is 24.3 Å². The zero-order valence-electron chi connectivity index (χ0n) is 12.9. The van der Waals surface area contributed by atoms with Crippen LogP contribution in [-0.2, 0) is 4.74 Å². The topological polar surface area (TPSA) is 85.1 Å². The van der Waals surface area contributed by atoms with Gasteiger partial charge >= 0.3 is 0 Å². The minimum absolute atomic E-state index is 0.0166. The summed E-state index contributed by atoms with van der Waals surface area (Å²) in [5.74, 6) is 0.505. The van der Waals surface area contributed by atoms with Crippen molar-refractivity contribution in [3.63, 3.8) is 0 Å². The number of morpholine rings is 1. The Morgan fingerprint density at radius 3 is 2.73 bits per heavy atom. The van der Waals surface area contributed by atoms with Crippen LogP contribution in [0.2, 0.25) is 0 Å². The number of hydrogen-bond donors (Lipinski definition) is 1. The first-order valence-electron chi connectivity index (χ1n) is 7.26. The molecule has 0 aliphatic carbocycles. The molecule has 0 aromatic heterocycles. The van der Waals surface area contributed by atoms with Gasteiger partial charge in [-0.3, -0.25) is 15.0 Å². The molecule has 1 N–H and O–H groups in total. The quantitative estimate of drug-likeness (QED) is 0.632. The van der Waals surface area contributed by atoms with Crippen molar-refractivity contribution in [2.45, 2.75) is 25.5 Å². The van der Waals surface area contributed by atoms with Gasteiger partial charge in [-0.05, 0) is 26.0 Å². The van der Waals surface area contributed by atoms with Gasteiger partial charge in [-0.2, -0.15) is 0 Å². The highest BCUT2D eigenvalue weighted by molar-refractivity contribution is 5.35. The van der Waals surface area contributed by atoms with E-state index >= 15 is 0 Å². The van der Waals surface area contributed by atoms with Gasteiger partial charge in [0.15, 0.2) is 0 Å².